The van der Waals surface area contributed by atoms with Gasteiger partial charge in [0.15, 0.2) is 0 Å². The minimum atomic E-state index is -0.547. The number of halogens is 1. The first-order valence-electron chi connectivity index (χ1n) is 7.95. The maximum Gasteiger partial charge on any atom is 0.231 e. The molecule has 2 aromatic rings. The van der Waals surface area contributed by atoms with E-state index in [4.69, 9.17) is 0 Å². The monoisotopic (exact) mass is 362 g/mol. The third-order valence-electron chi connectivity index (χ3n) is 3.97. The predicted molar refractivity (Wildman–Crippen MR) is 94.1 cm³/mol. The van der Waals surface area contributed by atoms with Gasteiger partial charge in [0.2, 0.25) is 16.9 Å². The highest BCUT2D eigenvalue weighted by atomic mass is 32.1. The lowest BCUT2D eigenvalue weighted by Crippen LogP contribution is -2.28. The number of nitrogens with zero attached hydrogens (tertiary/aromatic N) is 3. The second-order valence-electron chi connectivity index (χ2n) is 7.02. The zero-order valence-electron chi connectivity index (χ0n) is 14.2. The van der Waals surface area contributed by atoms with Crippen LogP contribution in [0.3, 0.4) is 0 Å². The molecule has 1 fully saturated rings. The Morgan fingerprint density at radius 3 is 2.72 bits per heavy atom. The van der Waals surface area contributed by atoms with E-state index in [0.717, 1.165) is 11.5 Å². The predicted octanol–water partition coefficient (Wildman–Crippen LogP) is 2.97. The van der Waals surface area contributed by atoms with Crippen molar-refractivity contribution in [2.24, 2.45) is 5.92 Å². The van der Waals surface area contributed by atoms with Crippen molar-refractivity contribution in [3.05, 3.63) is 35.9 Å². The molecule has 8 heteroatoms. The van der Waals surface area contributed by atoms with Crippen LogP contribution in [0.5, 0.6) is 0 Å². The van der Waals surface area contributed by atoms with E-state index in [0.29, 0.717) is 11.0 Å². The van der Waals surface area contributed by atoms with Crippen molar-refractivity contribution < 1.29 is 14.0 Å². The van der Waals surface area contributed by atoms with Gasteiger partial charge in [0, 0.05) is 29.9 Å². The molecule has 1 aromatic carbocycles. The van der Waals surface area contributed by atoms with Crippen LogP contribution in [-0.4, -0.2) is 27.7 Å². The molecule has 1 N–H and O–H groups in total. The highest BCUT2D eigenvalue weighted by Crippen LogP contribution is 2.28. The van der Waals surface area contributed by atoms with Gasteiger partial charge in [0.1, 0.15) is 11.6 Å². The van der Waals surface area contributed by atoms with E-state index in [1.807, 2.05) is 20.8 Å². The van der Waals surface area contributed by atoms with Crippen LogP contribution < -0.4 is 10.2 Å². The molecule has 2 heterocycles. The quantitative estimate of drug-likeness (QED) is 0.911. The molecular weight excluding hydrogens is 343 g/mol. The van der Waals surface area contributed by atoms with E-state index in [9.17, 15) is 14.0 Å². The Bertz CT molecular complexity index is 815. The lowest BCUT2D eigenvalue weighted by Gasteiger charge is -2.17. The van der Waals surface area contributed by atoms with Crippen LogP contribution in [0.1, 0.15) is 33.0 Å². The number of anilines is 2. The van der Waals surface area contributed by atoms with Crippen molar-refractivity contribution in [2.75, 3.05) is 16.8 Å². The minimum Gasteiger partial charge on any atom is -0.309 e. The van der Waals surface area contributed by atoms with E-state index in [-0.39, 0.29) is 35.9 Å². The number of hydrogen-bond acceptors (Lipinski definition) is 5. The molecule has 0 spiro atoms. The van der Waals surface area contributed by atoms with Crippen molar-refractivity contribution in [1.82, 2.24) is 9.36 Å². The number of benzene rings is 1. The number of carbonyl (C=O) groups excluding carboxylic acids is 2. The maximum absolute atomic E-state index is 13.9. The van der Waals surface area contributed by atoms with Crippen LogP contribution in [0.25, 0.3) is 0 Å². The van der Waals surface area contributed by atoms with Gasteiger partial charge in [-0.15, -0.1) is 0 Å². The number of para-hydroxylation sites is 1. The summed E-state index contributed by atoms with van der Waals surface area (Å²) in [4.78, 5) is 30.3. The Morgan fingerprint density at radius 2 is 2.08 bits per heavy atom. The fraction of sp³-hybridized carbons (Fsp3) is 0.412. The number of carbonyl (C=O) groups is 2. The normalized spacial score (nSPS) is 17.8. The standard InChI is InChI=1S/C17H19FN4O2S/c1-17(2,3)15-20-16(25-21-15)19-14(24)10-8-13(23)22(9-10)12-7-5-4-6-11(12)18/h4-7,10H,8-9H2,1-3H3,(H,19,20,21,24). The number of rotatable bonds is 3. The van der Waals surface area contributed by atoms with Gasteiger partial charge in [-0.3, -0.25) is 9.59 Å². The van der Waals surface area contributed by atoms with Gasteiger partial charge in [-0.2, -0.15) is 4.37 Å². The molecule has 1 aliphatic heterocycles. The van der Waals surface area contributed by atoms with Crippen molar-refractivity contribution in [2.45, 2.75) is 32.6 Å². The van der Waals surface area contributed by atoms with E-state index in [1.165, 1.54) is 17.0 Å². The largest absolute Gasteiger partial charge is 0.309 e. The first-order chi connectivity index (χ1) is 11.8. The fourth-order valence-corrected chi connectivity index (χ4v) is 3.33. The van der Waals surface area contributed by atoms with E-state index in [1.54, 1.807) is 12.1 Å². The molecule has 2 amide bonds. The van der Waals surface area contributed by atoms with Crippen molar-refractivity contribution in [3.8, 4) is 0 Å². The molecule has 6 nitrogen and oxygen atoms in total. The van der Waals surface area contributed by atoms with Crippen molar-refractivity contribution in [1.29, 1.82) is 0 Å². The smallest absolute Gasteiger partial charge is 0.231 e. The lowest BCUT2D eigenvalue weighted by atomic mass is 9.96. The van der Waals surface area contributed by atoms with Crippen LogP contribution in [0.15, 0.2) is 24.3 Å². The summed E-state index contributed by atoms with van der Waals surface area (Å²) < 4.78 is 18.1. The third kappa shape index (κ3) is 3.68. The molecule has 1 atom stereocenters. The third-order valence-corrected chi connectivity index (χ3v) is 4.60. The highest BCUT2D eigenvalue weighted by Gasteiger charge is 2.36. The van der Waals surface area contributed by atoms with Crippen LogP contribution in [0.2, 0.25) is 0 Å². The minimum absolute atomic E-state index is 0.0467. The lowest BCUT2D eigenvalue weighted by molar-refractivity contribution is -0.122. The molecule has 0 bridgehead atoms. The molecule has 3 rings (SSSR count). The van der Waals surface area contributed by atoms with Crippen LogP contribution in [-0.2, 0) is 15.0 Å². The van der Waals surface area contributed by atoms with Crippen LogP contribution >= 0.6 is 11.5 Å². The van der Waals surface area contributed by atoms with Gasteiger partial charge in [-0.1, -0.05) is 32.9 Å². The summed E-state index contributed by atoms with van der Waals surface area (Å²) in [6, 6.07) is 6.05. The number of nitrogens with one attached hydrogen (secondary N) is 1. The summed E-state index contributed by atoms with van der Waals surface area (Å²) in [6.45, 7) is 6.12. The molecular formula is C17H19FN4O2S. The van der Waals surface area contributed by atoms with Crippen molar-refractivity contribution in [3.63, 3.8) is 0 Å². The topological polar surface area (TPSA) is 75.2 Å². The molecule has 1 saturated heterocycles. The molecule has 0 aliphatic carbocycles. The summed E-state index contributed by atoms with van der Waals surface area (Å²) in [5.41, 5.74) is -0.00140. The van der Waals surface area contributed by atoms with Gasteiger partial charge < -0.3 is 10.2 Å². The molecule has 132 valence electrons. The Balaban J connectivity index is 1.69. The summed E-state index contributed by atoms with van der Waals surface area (Å²) in [5.74, 6) is -0.935. The molecule has 1 unspecified atom stereocenters. The number of hydrogen-bond donors (Lipinski definition) is 1. The Labute approximate surface area is 149 Å². The summed E-state index contributed by atoms with van der Waals surface area (Å²) in [7, 11) is 0. The van der Waals surface area contributed by atoms with Crippen LogP contribution in [0, 0.1) is 11.7 Å². The average Bonchev–Trinajstić information content (AvgIpc) is 3.14. The Morgan fingerprint density at radius 1 is 1.36 bits per heavy atom. The summed E-state index contributed by atoms with van der Waals surface area (Å²) >= 11 is 1.11. The second kappa shape index (κ2) is 6.51. The summed E-state index contributed by atoms with van der Waals surface area (Å²) in [5, 5.41) is 3.13. The maximum atomic E-state index is 13.9. The number of aromatic nitrogens is 2. The van der Waals surface area contributed by atoms with Gasteiger partial charge in [-0.25, -0.2) is 9.37 Å². The van der Waals surface area contributed by atoms with Gasteiger partial charge in [0.05, 0.1) is 11.6 Å². The van der Waals surface area contributed by atoms with Crippen molar-refractivity contribution >= 4 is 34.2 Å². The second-order valence-corrected chi connectivity index (χ2v) is 7.77. The van der Waals surface area contributed by atoms with Gasteiger partial charge in [0.25, 0.3) is 0 Å². The van der Waals surface area contributed by atoms with Gasteiger partial charge in [-0.05, 0) is 12.1 Å². The fourth-order valence-electron chi connectivity index (χ4n) is 2.57. The molecule has 1 aromatic heterocycles. The first kappa shape index (κ1) is 17.5. The Kier molecular flexibility index (Phi) is 4.55. The average molecular weight is 362 g/mol. The van der Waals surface area contributed by atoms with Gasteiger partial charge >= 0.3 is 0 Å². The summed E-state index contributed by atoms with van der Waals surface area (Å²) in [6.07, 6.45) is 0.0467. The van der Waals surface area contributed by atoms with E-state index < -0.39 is 11.7 Å². The molecule has 25 heavy (non-hydrogen) atoms. The molecule has 1 aliphatic rings. The molecule has 0 radical (unpaired) electrons. The highest BCUT2D eigenvalue weighted by molar-refractivity contribution is 7.09. The van der Waals surface area contributed by atoms with Crippen LogP contribution in [0.4, 0.5) is 15.2 Å². The SMILES string of the molecule is CC(C)(C)c1nsc(NC(=O)C2CC(=O)N(c3ccccc3F)C2)n1. The first-order valence-corrected chi connectivity index (χ1v) is 8.73. The van der Waals surface area contributed by atoms with E-state index >= 15 is 0 Å². The Hall–Kier alpha value is -2.35. The molecule has 0 saturated carbocycles. The zero-order chi connectivity index (χ0) is 18.2. The van der Waals surface area contributed by atoms with E-state index in [2.05, 4.69) is 14.7 Å². The zero-order valence-corrected chi connectivity index (χ0v) is 15.1. The number of amides is 2.